The van der Waals surface area contributed by atoms with E-state index in [4.69, 9.17) is 0 Å². The number of carbonyl (C=O) groups is 1. The third kappa shape index (κ3) is 1.74. The average Bonchev–Trinajstić information content (AvgIpc) is 2.67. The molecular weight excluding hydrogens is 274 g/mol. The maximum absolute atomic E-state index is 12.3. The summed E-state index contributed by atoms with van der Waals surface area (Å²) in [6, 6.07) is 5.28. The fraction of sp³-hybridized carbons (Fsp3) is 0.500. The Morgan fingerprint density at radius 2 is 2.35 bits per heavy atom. The molecular formula is C14H15N3O2S. The van der Waals surface area contributed by atoms with E-state index in [-0.39, 0.29) is 16.0 Å². The summed E-state index contributed by atoms with van der Waals surface area (Å²) in [5.74, 6) is -0.627. The van der Waals surface area contributed by atoms with Crippen LogP contribution in [0.25, 0.3) is 0 Å². The van der Waals surface area contributed by atoms with Crippen molar-refractivity contribution >= 4 is 17.7 Å². The fourth-order valence-electron chi connectivity index (χ4n) is 2.89. The highest BCUT2D eigenvalue weighted by Gasteiger charge is 2.63. The topological polar surface area (TPSA) is 77.2 Å². The van der Waals surface area contributed by atoms with E-state index in [9.17, 15) is 15.2 Å². The standard InChI is InChI=1S/C14H15N3O2S/c1-14(2)9(6-15)17-12(19)10(13(17)20-14)11(18)8-4-3-5-16-7-8/h3-5,7,9-11,13,18H,1-2H3. The van der Waals surface area contributed by atoms with Crippen LogP contribution < -0.4 is 0 Å². The largest absolute Gasteiger partial charge is 0.387 e. The van der Waals surface area contributed by atoms with Crippen LogP contribution in [-0.2, 0) is 4.79 Å². The number of nitrogens with zero attached hydrogens (tertiary/aromatic N) is 3. The minimum Gasteiger partial charge on any atom is -0.387 e. The minimum absolute atomic E-state index is 0.127. The van der Waals surface area contributed by atoms with Crippen LogP contribution in [0.2, 0.25) is 0 Å². The lowest BCUT2D eigenvalue weighted by molar-refractivity contribution is -0.159. The summed E-state index contributed by atoms with van der Waals surface area (Å²) in [5, 5.41) is 19.5. The van der Waals surface area contributed by atoms with Gasteiger partial charge >= 0.3 is 0 Å². The molecule has 104 valence electrons. The molecule has 0 bridgehead atoms. The number of pyridine rings is 1. The van der Waals surface area contributed by atoms with Gasteiger partial charge in [-0.15, -0.1) is 11.8 Å². The molecule has 1 aromatic rings. The second-order valence-corrected chi connectivity index (χ2v) is 7.42. The number of β-lactam (4-membered cyclic amide) rings is 1. The SMILES string of the molecule is CC1(C)SC2C(C(O)c3cccnc3)C(=O)N2C1C#N. The average molecular weight is 289 g/mol. The minimum atomic E-state index is -0.863. The van der Waals surface area contributed by atoms with E-state index in [1.54, 1.807) is 41.2 Å². The molecule has 0 saturated carbocycles. The Balaban J connectivity index is 1.86. The molecule has 4 atom stereocenters. The van der Waals surface area contributed by atoms with Crippen molar-refractivity contribution in [2.45, 2.75) is 36.1 Å². The first-order valence-electron chi connectivity index (χ1n) is 6.45. The highest BCUT2D eigenvalue weighted by molar-refractivity contribution is 8.01. The highest BCUT2D eigenvalue weighted by atomic mass is 32.2. The number of fused-ring (bicyclic) bond motifs is 1. The fourth-order valence-corrected chi connectivity index (χ4v) is 4.56. The Hall–Kier alpha value is -1.58. The third-order valence-electron chi connectivity index (χ3n) is 3.97. The van der Waals surface area contributed by atoms with E-state index in [0.717, 1.165) is 0 Å². The summed E-state index contributed by atoms with van der Waals surface area (Å²) in [5.41, 5.74) is 0.643. The van der Waals surface area contributed by atoms with E-state index < -0.39 is 18.1 Å². The number of rotatable bonds is 2. The van der Waals surface area contributed by atoms with Crippen LogP contribution in [0.15, 0.2) is 24.5 Å². The number of carbonyl (C=O) groups excluding carboxylic acids is 1. The van der Waals surface area contributed by atoms with Crippen LogP contribution in [-0.4, -0.2) is 37.1 Å². The molecule has 2 aliphatic heterocycles. The molecule has 0 aliphatic carbocycles. The second kappa shape index (κ2) is 4.47. The van der Waals surface area contributed by atoms with Gasteiger partial charge in [-0.3, -0.25) is 9.78 Å². The van der Waals surface area contributed by atoms with Crippen molar-refractivity contribution in [1.82, 2.24) is 9.88 Å². The number of aliphatic hydroxyl groups excluding tert-OH is 1. The number of amides is 1. The molecule has 20 heavy (non-hydrogen) atoms. The normalized spacial score (nSPS) is 32.2. The Labute approximate surface area is 121 Å². The van der Waals surface area contributed by atoms with Crippen LogP contribution in [0.3, 0.4) is 0 Å². The van der Waals surface area contributed by atoms with Crippen LogP contribution in [0.1, 0.15) is 25.5 Å². The molecule has 1 N–H and O–H groups in total. The van der Waals surface area contributed by atoms with Gasteiger partial charge in [0.2, 0.25) is 5.91 Å². The molecule has 2 fully saturated rings. The van der Waals surface area contributed by atoms with Gasteiger partial charge in [0.25, 0.3) is 0 Å². The summed E-state index contributed by atoms with van der Waals surface area (Å²) in [6.07, 6.45) is 2.34. The third-order valence-corrected chi connectivity index (χ3v) is 5.56. The molecule has 4 unspecified atom stereocenters. The Morgan fingerprint density at radius 1 is 1.60 bits per heavy atom. The van der Waals surface area contributed by atoms with Gasteiger partial charge in [-0.2, -0.15) is 5.26 Å². The number of hydrogen-bond donors (Lipinski definition) is 1. The van der Waals surface area contributed by atoms with Gasteiger partial charge in [0, 0.05) is 17.1 Å². The summed E-state index contributed by atoms with van der Waals surface area (Å²) in [4.78, 5) is 17.9. The highest BCUT2D eigenvalue weighted by Crippen LogP contribution is 2.55. The summed E-state index contributed by atoms with van der Waals surface area (Å²) < 4.78 is -0.307. The van der Waals surface area contributed by atoms with Gasteiger partial charge in [0.05, 0.1) is 23.5 Å². The molecule has 5 nitrogen and oxygen atoms in total. The molecule has 0 radical (unpaired) electrons. The summed E-state index contributed by atoms with van der Waals surface area (Å²) >= 11 is 1.59. The predicted octanol–water partition coefficient (Wildman–Crippen LogP) is 1.32. The number of thioether (sulfide) groups is 1. The van der Waals surface area contributed by atoms with E-state index in [1.165, 1.54) is 0 Å². The lowest BCUT2D eigenvalue weighted by Gasteiger charge is -2.45. The number of hydrogen-bond acceptors (Lipinski definition) is 5. The van der Waals surface area contributed by atoms with Crippen LogP contribution in [0, 0.1) is 17.2 Å². The maximum Gasteiger partial charge on any atom is 0.233 e. The van der Waals surface area contributed by atoms with E-state index in [1.807, 2.05) is 13.8 Å². The molecule has 0 spiro atoms. The van der Waals surface area contributed by atoms with Gasteiger partial charge in [-0.05, 0) is 25.5 Å². The second-order valence-electron chi connectivity index (χ2n) is 5.65. The molecule has 1 amide bonds. The molecule has 6 heteroatoms. The molecule has 0 aromatic carbocycles. The lowest BCUT2D eigenvalue weighted by atomic mass is 9.86. The Morgan fingerprint density at radius 3 is 2.95 bits per heavy atom. The summed E-state index contributed by atoms with van der Waals surface area (Å²) in [6.45, 7) is 3.93. The van der Waals surface area contributed by atoms with Gasteiger partial charge in [-0.1, -0.05) is 6.07 Å². The summed E-state index contributed by atoms with van der Waals surface area (Å²) in [7, 11) is 0. The first-order valence-corrected chi connectivity index (χ1v) is 7.33. The Kier molecular flexibility index (Phi) is 3.00. The van der Waals surface area contributed by atoms with Gasteiger partial charge in [0.15, 0.2) is 0 Å². The molecule has 3 rings (SSSR count). The smallest absolute Gasteiger partial charge is 0.233 e. The van der Waals surface area contributed by atoms with Crippen molar-refractivity contribution < 1.29 is 9.90 Å². The van der Waals surface area contributed by atoms with Crippen LogP contribution >= 0.6 is 11.8 Å². The first-order chi connectivity index (χ1) is 9.47. The van der Waals surface area contributed by atoms with Crippen molar-refractivity contribution in [2.24, 2.45) is 5.92 Å². The zero-order chi connectivity index (χ0) is 14.5. The predicted molar refractivity (Wildman–Crippen MR) is 74.4 cm³/mol. The van der Waals surface area contributed by atoms with Gasteiger partial charge < -0.3 is 10.0 Å². The van der Waals surface area contributed by atoms with Crippen molar-refractivity contribution in [3.05, 3.63) is 30.1 Å². The zero-order valence-electron chi connectivity index (χ0n) is 11.2. The molecule has 1 aromatic heterocycles. The number of aliphatic hydroxyl groups is 1. The van der Waals surface area contributed by atoms with Crippen molar-refractivity contribution in [2.75, 3.05) is 0 Å². The quantitative estimate of drug-likeness (QED) is 0.831. The molecule has 2 saturated heterocycles. The number of aromatic nitrogens is 1. The Bertz CT molecular complexity index is 584. The lowest BCUT2D eigenvalue weighted by Crippen LogP contribution is -2.61. The van der Waals surface area contributed by atoms with Crippen molar-refractivity contribution in [3.8, 4) is 6.07 Å². The van der Waals surface area contributed by atoms with Crippen LogP contribution in [0.4, 0.5) is 0 Å². The van der Waals surface area contributed by atoms with Crippen molar-refractivity contribution in [3.63, 3.8) is 0 Å². The zero-order valence-corrected chi connectivity index (χ0v) is 12.0. The number of nitriles is 1. The molecule has 2 aliphatic rings. The van der Waals surface area contributed by atoms with E-state index >= 15 is 0 Å². The molecule has 3 heterocycles. The monoisotopic (exact) mass is 289 g/mol. The van der Waals surface area contributed by atoms with Gasteiger partial charge in [-0.25, -0.2) is 0 Å². The maximum atomic E-state index is 12.3. The van der Waals surface area contributed by atoms with E-state index in [2.05, 4.69) is 11.1 Å². The van der Waals surface area contributed by atoms with E-state index in [0.29, 0.717) is 5.56 Å². The van der Waals surface area contributed by atoms with Crippen molar-refractivity contribution in [1.29, 1.82) is 5.26 Å². The first kappa shape index (κ1) is 13.4. The van der Waals surface area contributed by atoms with Crippen LogP contribution in [0.5, 0.6) is 0 Å². The van der Waals surface area contributed by atoms with Gasteiger partial charge in [0.1, 0.15) is 6.04 Å².